The Hall–Kier alpha value is 4.44. The summed E-state index contributed by atoms with van der Waals surface area (Å²) in [5, 5.41) is 0. The average molecular weight is 823 g/mol. The molecule has 0 fully saturated rings. The first kappa shape index (κ1) is 35.5. The largest absolute Gasteiger partial charge is 0.226 e. The molecular weight excluding hydrogens is 818 g/mol. The Morgan fingerprint density at radius 2 is 0.788 bits per heavy atom. The van der Waals surface area contributed by atoms with Gasteiger partial charge in [0.1, 0.15) is 0 Å². The Balaban J connectivity index is 3.80. The third-order valence-corrected chi connectivity index (χ3v) is 15.0. The summed E-state index contributed by atoms with van der Waals surface area (Å²) in [5.74, 6) is 0. The molecule has 0 aromatic heterocycles. The van der Waals surface area contributed by atoms with Crippen molar-refractivity contribution in [3.8, 4) is 0 Å². The van der Waals surface area contributed by atoms with Gasteiger partial charge in [0.15, 0.2) is 17.3 Å². The molecule has 0 spiro atoms. The fraction of sp³-hybridized carbons (Fsp3) is 0.533. The Labute approximate surface area is 280 Å². The monoisotopic (exact) mass is 814 g/mol. The van der Waals surface area contributed by atoms with Crippen LogP contribution in [0.15, 0.2) is 18.2 Å². The third kappa shape index (κ3) is 6.21. The molecule has 1 rings (SSSR count). The van der Waals surface area contributed by atoms with E-state index in [-0.39, 0.29) is 16.7 Å². The van der Waals surface area contributed by atoms with Gasteiger partial charge in [0.2, 0.25) is 16.3 Å². The van der Waals surface area contributed by atoms with Crippen LogP contribution >= 0.6 is 209 Å². The topological polar surface area (TPSA) is 0 Å². The number of hydrogen-bond donors (Lipinski definition) is 0. The second-order valence-corrected chi connectivity index (χ2v) is 18.8. The smallest absolute Gasteiger partial charge is 0.0943 e. The SMILES string of the molecule is [CH2]c1ccc(C(Cl)(Cl)C(Cl)(Cl)C(Cl)(Cl)C(Cl)(Cl)Cl)cc1C(Cl)(Cl)C(Cl)(Cl)C(Cl)(Cl)C(Cl)(Cl)Cl. The van der Waals surface area contributed by atoms with Crippen LogP contribution in [0.4, 0.5) is 0 Å². The summed E-state index contributed by atoms with van der Waals surface area (Å²) in [6.07, 6.45) is 0. The Kier molecular flexibility index (Phi) is 11.8. The molecule has 1 aromatic carbocycles. The van der Waals surface area contributed by atoms with Gasteiger partial charge in [-0.1, -0.05) is 221 Å². The molecule has 0 aliphatic heterocycles. The first-order valence-electron chi connectivity index (χ1n) is 7.49. The van der Waals surface area contributed by atoms with Crippen molar-refractivity contribution in [3.63, 3.8) is 0 Å². The molecule has 0 bridgehead atoms. The Morgan fingerprint density at radius 1 is 0.455 bits per heavy atom. The third-order valence-electron chi connectivity index (χ3n) is 4.10. The van der Waals surface area contributed by atoms with Crippen molar-refractivity contribution in [1.82, 2.24) is 0 Å². The molecule has 0 aliphatic carbocycles. The van der Waals surface area contributed by atoms with Crippen LogP contribution in [0.1, 0.15) is 16.7 Å². The van der Waals surface area contributed by atoms with Gasteiger partial charge >= 0.3 is 0 Å². The van der Waals surface area contributed by atoms with Crippen molar-refractivity contribution in [2.75, 3.05) is 0 Å². The lowest BCUT2D eigenvalue weighted by molar-refractivity contribution is 0.589. The molecule has 1 aromatic rings. The highest BCUT2D eigenvalue weighted by Gasteiger charge is 2.70. The average Bonchev–Trinajstić information content (AvgIpc) is 2.59. The van der Waals surface area contributed by atoms with Crippen molar-refractivity contribution >= 4 is 209 Å². The quantitative estimate of drug-likeness (QED) is 0.251. The molecule has 18 heteroatoms. The zero-order valence-electron chi connectivity index (χ0n) is 14.7. The van der Waals surface area contributed by atoms with Crippen LogP contribution in [-0.4, -0.2) is 24.9 Å². The summed E-state index contributed by atoms with van der Waals surface area (Å²) in [6, 6.07) is 3.79. The molecule has 0 N–H and O–H groups in total. The van der Waals surface area contributed by atoms with E-state index in [1.807, 2.05) is 0 Å². The number of rotatable bonds is 6. The first-order valence-corrected chi connectivity index (χ1v) is 14.3. The predicted molar refractivity (Wildman–Crippen MR) is 156 cm³/mol. The van der Waals surface area contributed by atoms with Crippen LogP contribution in [0.5, 0.6) is 0 Å². The molecule has 0 unspecified atom stereocenters. The fourth-order valence-electron chi connectivity index (χ4n) is 2.16. The molecule has 0 amide bonds. The highest BCUT2D eigenvalue weighted by Crippen LogP contribution is 2.67. The number of halogens is 18. The fourth-order valence-corrected chi connectivity index (χ4v) is 6.69. The molecule has 0 saturated carbocycles. The van der Waals surface area contributed by atoms with Gasteiger partial charge in [0.25, 0.3) is 0 Å². The Morgan fingerprint density at radius 3 is 1.12 bits per heavy atom. The van der Waals surface area contributed by atoms with Gasteiger partial charge in [-0.15, -0.1) is 0 Å². The number of alkyl halides is 18. The van der Waals surface area contributed by atoms with Gasteiger partial charge in [-0.3, -0.25) is 0 Å². The highest BCUT2D eigenvalue weighted by atomic mass is 35.6. The normalized spacial score (nSPS) is 15.7. The maximum Gasteiger partial charge on any atom is 0.226 e. The second kappa shape index (κ2) is 11.0. The van der Waals surface area contributed by atoms with Crippen molar-refractivity contribution < 1.29 is 0 Å². The minimum atomic E-state index is -2.61. The zero-order valence-corrected chi connectivity index (χ0v) is 28.3. The first-order chi connectivity index (χ1) is 14.1. The molecule has 0 nitrogen and oxygen atoms in total. The summed E-state index contributed by atoms with van der Waals surface area (Å²) in [6.45, 7) is 3.78. The van der Waals surface area contributed by atoms with E-state index in [0.717, 1.165) is 6.07 Å². The summed E-state index contributed by atoms with van der Waals surface area (Å²) in [5.41, 5.74) is -0.158. The maximum absolute atomic E-state index is 6.50. The van der Waals surface area contributed by atoms with Crippen molar-refractivity contribution in [2.45, 2.75) is 33.6 Å². The van der Waals surface area contributed by atoms with Crippen molar-refractivity contribution in [3.05, 3.63) is 41.8 Å². The lowest BCUT2D eigenvalue weighted by Crippen LogP contribution is -2.55. The minimum Gasteiger partial charge on any atom is -0.0943 e. The van der Waals surface area contributed by atoms with Crippen LogP contribution < -0.4 is 0 Å². The lowest BCUT2D eigenvalue weighted by Gasteiger charge is -2.45. The van der Waals surface area contributed by atoms with Gasteiger partial charge in [-0.2, -0.15) is 0 Å². The van der Waals surface area contributed by atoms with Gasteiger partial charge in [-0.05, 0) is 29.7 Å². The summed E-state index contributed by atoms with van der Waals surface area (Å²) >= 11 is 111. The van der Waals surface area contributed by atoms with E-state index >= 15 is 0 Å². The zero-order chi connectivity index (χ0) is 26.9. The molecule has 1 radical (unpaired) electrons. The van der Waals surface area contributed by atoms with Crippen LogP contribution in [0, 0.1) is 6.92 Å². The van der Waals surface area contributed by atoms with E-state index in [0.29, 0.717) is 0 Å². The molecule has 191 valence electrons. The van der Waals surface area contributed by atoms with Crippen LogP contribution in [0.2, 0.25) is 0 Å². The second-order valence-electron chi connectivity index (χ2n) is 6.31. The van der Waals surface area contributed by atoms with Crippen molar-refractivity contribution in [1.29, 1.82) is 0 Å². The van der Waals surface area contributed by atoms with E-state index in [1.54, 1.807) is 0 Å². The highest BCUT2D eigenvalue weighted by molar-refractivity contribution is 6.81. The minimum absolute atomic E-state index is 0.128. The summed E-state index contributed by atoms with van der Waals surface area (Å²) in [7, 11) is 0. The van der Waals surface area contributed by atoms with E-state index in [4.69, 9.17) is 209 Å². The van der Waals surface area contributed by atoms with Gasteiger partial charge < -0.3 is 0 Å². The molecule has 0 saturated heterocycles. The molecule has 33 heavy (non-hydrogen) atoms. The summed E-state index contributed by atoms with van der Waals surface area (Å²) in [4.78, 5) is 0. The summed E-state index contributed by atoms with van der Waals surface area (Å²) < 4.78 is -20.1. The number of hydrogen-bond acceptors (Lipinski definition) is 0. The molecule has 0 heterocycles. The Bertz CT molecular complexity index is 872. The molecule has 0 atom stereocenters. The predicted octanol–water partition coefficient (Wildman–Crippen LogP) is 12.6. The molecular formula is C15H5Cl18. The maximum atomic E-state index is 6.50. The standard InChI is InChI=1S/C15H5Cl18/c1-5-2-3-6(8(16,17)10(20,21)12(24,25)14(28,29)30)4-7(5)9(18,19)11(22,23)13(26,27)15(31,32)33/h2-4H,1H2. The van der Waals surface area contributed by atoms with E-state index in [2.05, 4.69) is 6.92 Å². The van der Waals surface area contributed by atoms with Gasteiger partial charge in [0, 0.05) is 0 Å². The van der Waals surface area contributed by atoms with Gasteiger partial charge in [0.05, 0.1) is 0 Å². The van der Waals surface area contributed by atoms with E-state index < -0.39 is 33.6 Å². The van der Waals surface area contributed by atoms with E-state index in [1.165, 1.54) is 12.1 Å². The lowest BCUT2D eigenvalue weighted by atomic mass is 9.95. The number of benzene rings is 1. The van der Waals surface area contributed by atoms with Gasteiger partial charge in [-0.25, -0.2) is 0 Å². The van der Waals surface area contributed by atoms with Crippen LogP contribution in [-0.2, 0) is 8.67 Å². The van der Waals surface area contributed by atoms with Crippen molar-refractivity contribution in [2.24, 2.45) is 0 Å². The van der Waals surface area contributed by atoms with E-state index in [9.17, 15) is 0 Å². The molecule has 0 aliphatic rings. The van der Waals surface area contributed by atoms with Crippen LogP contribution in [0.25, 0.3) is 0 Å². The van der Waals surface area contributed by atoms with Crippen LogP contribution in [0.3, 0.4) is 0 Å².